The molecule has 1 amide bonds. The molecule has 0 saturated heterocycles. The number of hydrogen-bond acceptors (Lipinski definition) is 3. The molecule has 122 valence electrons. The van der Waals surface area contributed by atoms with Gasteiger partial charge in [0, 0.05) is 21.2 Å². The van der Waals surface area contributed by atoms with Gasteiger partial charge in [-0.15, -0.1) is 11.8 Å². The third kappa shape index (κ3) is 5.73. The molecular formula is C17H24ClNO2S. The van der Waals surface area contributed by atoms with E-state index in [1.165, 1.54) is 11.3 Å². The monoisotopic (exact) mass is 341 g/mol. The number of amides is 1. The zero-order valence-electron chi connectivity index (χ0n) is 13.4. The highest BCUT2D eigenvalue weighted by molar-refractivity contribution is 8.00. The van der Waals surface area contributed by atoms with Gasteiger partial charge in [0.05, 0.1) is 0 Å². The van der Waals surface area contributed by atoms with E-state index in [-0.39, 0.29) is 12.1 Å². The summed E-state index contributed by atoms with van der Waals surface area (Å²) in [5.41, 5.74) is -0.461. The number of thioether (sulfide) groups is 1. The fourth-order valence-electron chi connectivity index (χ4n) is 2.55. The van der Waals surface area contributed by atoms with Crippen LogP contribution in [0.25, 0.3) is 0 Å². The van der Waals surface area contributed by atoms with E-state index in [4.69, 9.17) is 16.3 Å². The lowest BCUT2D eigenvalue weighted by Crippen LogP contribution is -2.45. The molecule has 0 aromatic heterocycles. The number of ether oxygens (including phenoxy) is 1. The van der Waals surface area contributed by atoms with Gasteiger partial charge in [-0.05, 0) is 57.9 Å². The molecule has 1 saturated carbocycles. The Balaban J connectivity index is 1.96. The molecule has 2 rings (SSSR count). The van der Waals surface area contributed by atoms with Crippen LogP contribution in [0.5, 0.6) is 0 Å². The van der Waals surface area contributed by atoms with E-state index in [9.17, 15) is 4.79 Å². The van der Waals surface area contributed by atoms with Gasteiger partial charge in [0.15, 0.2) is 0 Å². The molecule has 2 atom stereocenters. The second kappa shape index (κ2) is 7.60. The molecule has 2 unspecified atom stereocenters. The first kappa shape index (κ1) is 17.5. The molecule has 1 aromatic rings. The number of alkyl carbamates (subject to hydrolysis) is 1. The van der Waals surface area contributed by atoms with E-state index in [1.807, 2.05) is 56.8 Å². The lowest BCUT2D eigenvalue weighted by molar-refractivity contribution is 0.0495. The van der Waals surface area contributed by atoms with Crippen molar-refractivity contribution in [3.05, 3.63) is 29.3 Å². The lowest BCUT2D eigenvalue weighted by Gasteiger charge is -2.32. The SMILES string of the molecule is CC(C)(C)OC(=O)NC1CCCCC1Sc1ccc(Cl)cc1. The molecular weight excluding hydrogens is 318 g/mol. The topological polar surface area (TPSA) is 38.3 Å². The predicted molar refractivity (Wildman–Crippen MR) is 92.7 cm³/mol. The Kier molecular flexibility index (Phi) is 6.04. The van der Waals surface area contributed by atoms with Gasteiger partial charge in [-0.1, -0.05) is 24.4 Å². The maximum absolute atomic E-state index is 12.0. The van der Waals surface area contributed by atoms with Crippen LogP contribution < -0.4 is 5.32 Å². The zero-order chi connectivity index (χ0) is 16.2. The Bertz CT molecular complexity index is 498. The molecule has 0 heterocycles. The van der Waals surface area contributed by atoms with E-state index in [0.29, 0.717) is 5.25 Å². The van der Waals surface area contributed by atoms with Crippen molar-refractivity contribution in [2.45, 2.75) is 68.2 Å². The van der Waals surface area contributed by atoms with Crippen molar-refractivity contribution in [1.29, 1.82) is 0 Å². The Labute approximate surface area is 142 Å². The lowest BCUT2D eigenvalue weighted by atomic mass is 9.95. The van der Waals surface area contributed by atoms with Crippen molar-refractivity contribution in [3.63, 3.8) is 0 Å². The molecule has 22 heavy (non-hydrogen) atoms. The van der Waals surface area contributed by atoms with Crippen molar-refractivity contribution >= 4 is 29.5 Å². The summed E-state index contributed by atoms with van der Waals surface area (Å²) in [4.78, 5) is 13.2. The Hall–Kier alpha value is -0.870. The predicted octanol–water partition coefficient (Wildman–Crippen LogP) is 5.27. The summed E-state index contributed by atoms with van der Waals surface area (Å²) >= 11 is 7.74. The largest absolute Gasteiger partial charge is 0.444 e. The molecule has 5 heteroatoms. The number of carbonyl (C=O) groups excluding carboxylic acids is 1. The average molecular weight is 342 g/mol. The third-order valence-corrected chi connectivity index (χ3v) is 5.17. The van der Waals surface area contributed by atoms with Crippen LogP contribution in [0.2, 0.25) is 5.02 Å². The van der Waals surface area contributed by atoms with Crippen LogP contribution in [-0.4, -0.2) is 23.0 Å². The van der Waals surface area contributed by atoms with Crippen molar-refractivity contribution in [1.82, 2.24) is 5.32 Å². The van der Waals surface area contributed by atoms with Crippen molar-refractivity contribution in [3.8, 4) is 0 Å². The molecule has 3 nitrogen and oxygen atoms in total. The summed E-state index contributed by atoms with van der Waals surface area (Å²) in [6.45, 7) is 5.65. The van der Waals surface area contributed by atoms with Crippen LogP contribution in [-0.2, 0) is 4.74 Å². The molecule has 1 aliphatic carbocycles. The number of carbonyl (C=O) groups is 1. The highest BCUT2D eigenvalue weighted by Crippen LogP contribution is 2.34. The normalized spacial score (nSPS) is 22.2. The van der Waals surface area contributed by atoms with Gasteiger partial charge >= 0.3 is 6.09 Å². The standard InChI is InChI=1S/C17H24ClNO2S/c1-17(2,3)21-16(20)19-14-6-4-5-7-15(14)22-13-10-8-12(18)9-11-13/h8-11,14-15H,4-7H2,1-3H3,(H,19,20). The first-order valence-corrected chi connectivity index (χ1v) is 9.01. The summed E-state index contributed by atoms with van der Waals surface area (Å²) in [6.07, 6.45) is 4.15. The minimum Gasteiger partial charge on any atom is -0.444 e. The maximum Gasteiger partial charge on any atom is 0.407 e. The second-order valence-electron chi connectivity index (χ2n) is 6.65. The zero-order valence-corrected chi connectivity index (χ0v) is 15.0. The number of rotatable bonds is 3. The molecule has 1 fully saturated rings. The first-order valence-electron chi connectivity index (χ1n) is 7.75. The number of nitrogens with one attached hydrogen (secondary N) is 1. The number of halogens is 1. The van der Waals surface area contributed by atoms with Gasteiger partial charge in [-0.2, -0.15) is 0 Å². The second-order valence-corrected chi connectivity index (χ2v) is 8.40. The molecule has 0 aliphatic heterocycles. The summed E-state index contributed by atoms with van der Waals surface area (Å²) < 4.78 is 5.38. The van der Waals surface area contributed by atoms with Crippen LogP contribution in [0.3, 0.4) is 0 Å². The van der Waals surface area contributed by atoms with Crippen LogP contribution in [0.4, 0.5) is 4.79 Å². The van der Waals surface area contributed by atoms with Crippen LogP contribution in [0, 0.1) is 0 Å². The van der Waals surface area contributed by atoms with E-state index in [2.05, 4.69) is 5.32 Å². The van der Waals surface area contributed by atoms with Gasteiger partial charge in [0.25, 0.3) is 0 Å². The van der Waals surface area contributed by atoms with Gasteiger partial charge in [0.2, 0.25) is 0 Å². The smallest absolute Gasteiger partial charge is 0.407 e. The Morgan fingerprint density at radius 1 is 1.23 bits per heavy atom. The summed E-state index contributed by atoms with van der Waals surface area (Å²) in [7, 11) is 0. The van der Waals surface area contributed by atoms with E-state index >= 15 is 0 Å². The highest BCUT2D eigenvalue weighted by atomic mass is 35.5. The maximum atomic E-state index is 12.0. The van der Waals surface area contributed by atoms with E-state index in [0.717, 1.165) is 24.3 Å². The fraction of sp³-hybridized carbons (Fsp3) is 0.588. The van der Waals surface area contributed by atoms with Crippen LogP contribution >= 0.6 is 23.4 Å². The Morgan fingerprint density at radius 2 is 1.86 bits per heavy atom. The Morgan fingerprint density at radius 3 is 2.50 bits per heavy atom. The molecule has 1 aromatic carbocycles. The molecule has 1 aliphatic rings. The van der Waals surface area contributed by atoms with Gasteiger partial charge in [-0.3, -0.25) is 0 Å². The van der Waals surface area contributed by atoms with Crippen molar-refractivity contribution < 1.29 is 9.53 Å². The summed E-state index contributed by atoms with van der Waals surface area (Å²) in [5, 5.41) is 4.17. The molecule has 0 bridgehead atoms. The van der Waals surface area contributed by atoms with E-state index < -0.39 is 5.60 Å². The molecule has 0 spiro atoms. The van der Waals surface area contributed by atoms with Gasteiger partial charge in [-0.25, -0.2) is 4.79 Å². The van der Waals surface area contributed by atoms with Crippen LogP contribution in [0.15, 0.2) is 29.2 Å². The number of hydrogen-bond donors (Lipinski definition) is 1. The molecule has 0 radical (unpaired) electrons. The minimum absolute atomic E-state index is 0.157. The van der Waals surface area contributed by atoms with Crippen molar-refractivity contribution in [2.75, 3.05) is 0 Å². The summed E-state index contributed by atoms with van der Waals surface area (Å²) in [5.74, 6) is 0. The highest BCUT2D eigenvalue weighted by Gasteiger charge is 2.29. The number of benzene rings is 1. The summed E-state index contributed by atoms with van der Waals surface area (Å²) in [6, 6.07) is 8.04. The quantitative estimate of drug-likeness (QED) is 0.814. The molecule has 1 N–H and O–H groups in total. The van der Waals surface area contributed by atoms with E-state index in [1.54, 1.807) is 0 Å². The first-order chi connectivity index (χ1) is 10.3. The van der Waals surface area contributed by atoms with Gasteiger partial charge in [0.1, 0.15) is 5.60 Å². The van der Waals surface area contributed by atoms with Crippen LogP contribution in [0.1, 0.15) is 46.5 Å². The fourth-order valence-corrected chi connectivity index (χ4v) is 3.97. The third-order valence-electron chi connectivity index (χ3n) is 3.51. The van der Waals surface area contributed by atoms with Crippen molar-refractivity contribution in [2.24, 2.45) is 0 Å². The van der Waals surface area contributed by atoms with Gasteiger partial charge < -0.3 is 10.1 Å². The minimum atomic E-state index is -0.461. The average Bonchev–Trinajstić information content (AvgIpc) is 2.41.